The van der Waals surface area contributed by atoms with Crippen LogP contribution in [-0.2, 0) is 11.3 Å². The second-order valence-electron chi connectivity index (χ2n) is 7.25. The molecule has 0 aliphatic heterocycles. The SMILES string of the molecule is COc1ccc(C(CC(=O)NCc2csc(C)n2)c2c(O)nc3ccccn3c2=O)cc1. The van der Waals surface area contributed by atoms with Crippen LogP contribution in [0.15, 0.2) is 58.8 Å². The molecule has 0 saturated heterocycles. The van der Waals surface area contributed by atoms with Crippen molar-refractivity contribution in [3.05, 3.63) is 86.2 Å². The van der Waals surface area contributed by atoms with Gasteiger partial charge in [0, 0.05) is 23.9 Å². The lowest BCUT2D eigenvalue weighted by molar-refractivity contribution is -0.121. The van der Waals surface area contributed by atoms with Gasteiger partial charge < -0.3 is 15.2 Å². The van der Waals surface area contributed by atoms with E-state index in [2.05, 4.69) is 15.3 Å². The summed E-state index contributed by atoms with van der Waals surface area (Å²) in [5, 5.41) is 16.3. The Kier molecular flexibility index (Phi) is 6.18. The van der Waals surface area contributed by atoms with Crippen molar-refractivity contribution in [1.82, 2.24) is 19.7 Å². The van der Waals surface area contributed by atoms with Crippen molar-refractivity contribution in [2.24, 2.45) is 0 Å². The van der Waals surface area contributed by atoms with Crippen molar-refractivity contribution >= 4 is 22.9 Å². The zero-order valence-electron chi connectivity index (χ0n) is 17.6. The highest BCUT2D eigenvalue weighted by Crippen LogP contribution is 2.32. The van der Waals surface area contributed by atoms with E-state index in [1.165, 1.54) is 15.7 Å². The van der Waals surface area contributed by atoms with Gasteiger partial charge in [0.2, 0.25) is 11.8 Å². The number of benzene rings is 1. The molecule has 0 saturated carbocycles. The average molecular weight is 451 g/mol. The molecule has 0 aliphatic rings. The van der Waals surface area contributed by atoms with Crippen LogP contribution in [0.1, 0.15) is 34.2 Å². The number of thiazole rings is 1. The zero-order chi connectivity index (χ0) is 22.7. The lowest BCUT2D eigenvalue weighted by atomic mass is 9.89. The fourth-order valence-corrected chi connectivity index (χ4v) is 4.17. The first-order valence-corrected chi connectivity index (χ1v) is 10.9. The van der Waals surface area contributed by atoms with Gasteiger partial charge in [-0.1, -0.05) is 18.2 Å². The van der Waals surface area contributed by atoms with E-state index in [9.17, 15) is 14.7 Å². The summed E-state index contributed by atoms with van der Waals surface area (Å²) in [6.07, 6.45) is 1.54. The molecule has 0 spiro atoms. The maximum absolute atomic E-state index is 13.2. The van der Waals surface area contributed by atoms with Gasteiger partial charge in [0.25, 0.3) is 5.56 Å². The number of aryl methyl sites for hydroxylation is 1. The number of hydrogen-bond acceptors (Lipinski definition) is 7. The van der Waals surface area contributed by atoms with Gasteiger partial charge in [0.15, 0.2) is 0 Å². The molecule has 32 heavy (non-hydrogen) atoms. The van der Waals surface area contributed by atoms with E-state index in [1.807, 2.05) is 12.3 Å². The third kappa shape index (κ3) is 4.47. The number of amides is 1. The molecule has 4 rings (SSSR count). The summed E-state index contributed by atoms with van der Waals surface area (Å²) in [7, 11) is 1.56. The number of nitrogens with zero attached hydrogens (tertiary/aromatic N) is 3. The summed E-state index contributed by atoms with van der Waals surface area (Å²) < 4.78 is 6.58. The Labute approximate surface area is 188 Å². The molecule has 1 unspecified atom stereocenters. The van der Waals surface area contributed by atoms with Gasteiger partial charge in [-0.2, -0.15) is 4.98 Å². The van der Waals surface area contributed by atoms with E-state index >= 15 is 0 Å². The highest BCUT2D eigenvalue weighted by molar-refractivity contribution is 7.09. The fraction of sp³-hybridized carbons (Fsp3) is 0.217. The van der Waals surface area contributed by atoms with Crippen LogP contribution >= 0.6 is 11.3 Å². The number of aromatic hydroxyl groups is 1. The predicted molar refractivity (Wildman–Crippen MR) is 121 cm³/mol. The minimum absolute atomic E-state index is 0.0428. The Hall–Kier alpha value is -3.72. The Morgan fingerprint density at radius 2 is 2.00 bits per heavy atom. The molecule has 0 radical (unpaired) electrons. The Bertz CT molecular complexity index is 1310. The normalized spacial score (nSPS) is 11.9. The second-order valence-corrected chi connectivity index (χ2v) is 8.31. The van der Waals surface area contributed by atoms with E-state index < -0.39 is 11.5 Å². The van der Waals surface area contributed by atoms with Gasteiger partial charge in [-0.25, -0.2) is 4.98 Å². The molecular formula is C23H22N4O4S. The number of fused-ring (bicyclic) bond motifs is 1. The first kappa shape index (κ1) is 21.5. The highest BCUT2D eigenvalue weighted by Gasteiger charge is 2.26. The van der Waals surface area contributed by atoms with Crippen LogP contribution in [0.4, 0.5) is 0 Å². The monoisotopic (exact) mass is 450 g/mol. The summed E-state index contributed by atoms with van der Waals surface area (Å²) >= 11 is 1.51. The average Bonchev–Trinajstić information content (AvgIpc) is 3.22. The van der Waals surface area contributed by atoms with Crippen LogP contribution in [0.25, 0.3) is 5.65 Å². The summed E-state index contributed by atoms with van der Waals surface area (Å²) in [4.78, 5) is 34.6. The number of aromatic nitrogens is 3. The molecule has 4 aromatic rings. The van der Waals surface area contributed by atoms with Crippen LogP contribution in [0, 0.1) is 6.92 Å². The third-order valence-corrected chi connectivity index (χ3v) is 5.96. The summed E-state index contributed by atoms with van der Waals surface area (Å²) in [5.41, 5.74) is 1.44. The number of rotatable bonds is 7. The molecule has 2 N–H and O–H groups in total. The van der Waals surface area contributed by atoms with Crippen molar-refractivity contribution in [2.45, 2.75) is 25.8 Å². The minimum Gasteiger partial charge on any atom is -0.497 e. The molecule has 0 fully saturated rings. The van der Waals surface area contributed by atoms with Gasteiger partial charge in [0.1, 0.15) is 11.4 Å². The highest BCUT2D eigenvalue weighted by atomic mass is 32.1. The largest absolute Gasteiger partial charge is 0.497 e. The molecule has 3 heterocycles. The first-order valence-electron chi connectivity index (χ1n) is 9.98. The minimum atomic E-state index is -0.699. The van der Waals surface area contributed by atoms with Crippen LogP contribution < -0.4 is 15.6 Å². The van der Waals surface area contributed by atoms with Crippen molar-refractivity contribution in [3.8, 4) is 11.6 Å². The van der Waals surface area contributed by atoms with Crippen LogP contribution in [0.3, 0.4) is 0 Å². The van der Waals surface area contributed by atoms with Crippen molar-refractivity contribution in [3.63, 3.8) is 0 Å². The van der Waals surface area contributed by atoms with E-state index in [0.29, 0.717) is 23.5 Å². The van der Waals surface area contributed by atoms with Gasteiger partial charge in [-0.15, -0.1) is 11.3 Å². The summed E-state index contributed by atoms with van der Waals surface area (Å²) in [6, 6.07) is 12.1. The number of pyridine rings is 1. The van der Waals surface area contributed by atoms with E-state index in [-0.39, 0.29) is 23.8 Å². The van der Waals surface area contributed by atoms with Crippen LogP contribution in [0.2, 0.25) is 0 Å². The number of methoxy groups -OCH3 is 1. The van der Waals surface area contributed by atoms with Crippen LogP contribution in [-0.4, -0.2) is 32.5 Å². The maximum Gasteiger partial charge on any atom is 0.265 e. The molecule has 9 heteroatoms. The number of carbonyl (C=O) groups excluding carboxylic acids is 1. The second kappa shape index (κ2) is 9.19. The third-order valence-electron chi connectivity index (χ3n) is 5.14. The molecule has 1 aromatic carbocycles. The lowest BCUT2D eigenvalue weighted by Crippen LogP contribution is -2.28. The topological polar surface area (TPSA) is 106 Å². The molecule has 164 valence electrons. The van der Waals surface area contributed by atoms with Gasteiger partial charge >= 0.3 is 0 Å². The van der Waals surface area contributed by atoms with Crippen LogP contribution in [0.5, 0.6) is 11.6 Å². The van der Waals surface area contributed by atoms with Crippen molar-refractivity contribution < 1.29 is 14.6 Å². The summed E-state index contributed by atoms with van der Waals surface area (Å²) in [5.74, 6) is -0.706. The van der Waals surface area contributed by atoms with E-state index in [4.69, 9.17) is 4.74 Å². The van der Waals surface area contributed by atoms with E-state index in [0.717, 1.165) is 10.7 Å². The molecule has 1 amide bonds. The zero-order valence-corrected chi connectivity index (χ0v) is 18.4. The molecule has 8 nitrogen and oxygen atoms in total. The van der Waals surface area contributed by atoms with Crippen molar-refractivity contribution in [2.75, 3.05) is 7.11 Å². The Morgan fingerprint density at radius 1 is 1.22 bits per heavy atom. The number of carbonyl (C=O) groups is 1. The Balaban J connectivity index is 1.70. The lowest BCUT2D eigenvalue weighted by Gasteiger charge is -2.19. The maximum atomic E-state index is 13.2. The predicted octanol–water partition coefficient (Wildman–Crippen LogP) is 3.01. The van der Waals surface area contributed by atoms with Gasteiger partial charge in [-0.05, 0) is 36.8 Å². The van der Waals surface area contributed by atoms with Gasteiger partial charge in [-0.3, -0.25) is 14.0 Å². The van der Waals surface area contributed by atoms with Crippen molar-refractivity contribution in [1.29, 1.82) is 0 Å². The molecule has 0 bridgehead atoms. The number of nitrogens with one attached hydrogen (secondary N) is 1. The molecule has 0 aliphatic carbocycles. The first-order chi connectivity index (χ1) is 15.5. The van der Waals surface area contributed by atoms with E-state index in [1.54, 1.807) is 55.8 Å². The molecular weight excluding hydrogens is 428 g/mol. The molecule has 3 aromatic heterocycles. The quantitative estimate of drug-likeness (QED) is 0.448. The molecule has 1 atom stereocenters. The Morgan fingerprint density at radius 3 is 2.69 bits per heavy atom. The fourth-order valence-electron chi connectivity index (χ4n) is 3.55. The number of ether oxygens (including phenoxy) is 1. The number of hydrogen-bond donors (Lipinski definition) is 2. The van der Waals surface area contributed by atoms with Gasteiger partial charge in [0.05, 0.1) is 29.9 Å². The standard InChI is InChI=1S/C23H22N4O4S/c1-14-25-16(13-32-14)12-24-20(28)11-18(15-6-8-17(31-2)9-7-15)21-22(29)26-19-5-3-4-10-27(19)23(21)30/h3-10,13,18,29H,11-12H2,1-2H3,(H,24,28). The summed E-state index contributed by atoms with van der Waals surface area (Å²) in [6.45, 7) is 2.19. The smallest absolute Gasteiger partial charge is 0.265 e.